The molecule has 0 radical (unpaired) electrons. The van der Waals surface area contributed by atoms with Gasteiger partial charge in [-0.1, -0.05) is 13.8 Å². The predicted molar refractivity (Wildman–Crippen MR) is 73.2 cm³/mol. The fourth-order valence-electron chi connectivity index (χ4n) is 2.40. The van der Waals surface area contributed by atoms with Crippen molar-refractivity contribution in [3.05, 3.63) is 28.8 Å². The normalized spacial score (nSPS) is 12.1. The van der Waals surface area contributed by atoms with Crippen LogP contribution in [0.1, 0.15) is 41.3 Å². The van der Waals surface area contributed by atoms with Crippen molar-refractivity contribution >= 4 is 6.04 Å². The number of fused-ring (bicyclic) bond motifs is 3. The first kappa shape index (κ1) is 14.3. The minimum Gasteiger partial charge on any atom is -0.265 e. The molecule has 0 bridgehead atoms. The highest BCUT2D eigenvalue weighted by molar-refractivity contribution is 5.90. The summed E-state index contributed by atoms with van der Waals surface area (Å²) in [6.45, 7) is 5.80. The van der Waals surface area contributed by atoms with Gasteiger partial charge in [-0.3, -0.25) is 9.48 Å². The molecule has 0 amide bonds. The van der Waals surface area contributed by atoms with E-state index in [0.29, 0.717) is 24.2 Å². The highest BCUT2D eigenvalue weighted by Gasteiger charge is 2.28. The smallest absolute Gasteiger partial charge is 0.265 e. The molecule has 2 aromatic rings. The molecule has 0 saturated heterocycles. The molecule has 20 heavy (non-hydrogen) atoms. The van der Waals surface area contributed by atoms with E-state index in [9.17, 15) is 9.18 Å². The summed E-state index contributed by atoms with van der Waals surface area (Å²) in [6, 6.07) is -1.49. The molecule has 6 heteroatoms. The Kier molecular flexibility index (Phi) is 3.92. The Balaban J connectivity index is 0.000000704. The Bertz CT molecular complexity index is 663. The van der Waals surface area contributed by atoms with Crippen LogP contribution < -0.4 is 0 Å². The second-order valence-electron chi connectivity index (χ2n) is 4.36. The Morgan fingerprint density at radius 3 is 2.70 bits per heavy atom. The maximum Gasteiger partial charge on any atom is 0.352 e. The lowest BCUT2D eigenvalue weighted by atomic mass is 9.93. The van der Waals surface area contributed by atoms with Crippen LogP contribution in [0, 0.1) is 6.92 Å². The van der Waals surface area contributed by atoms with E-state index < -0.39 is 6.04 Å². The van der Waals surface area contributed by atoms with E-state index in [0.717, 1.165) is 17.0 Å². The summed E-state index contributed by atoms with van der Waals surface area (Å²) in [6.07, 6.45) is 3.08. The van der Waals surface area contributed by atoms with Crippen LogP contribution in [0.3, 0.4) is 0 Å². The van der Waals surface area contributed by atoms with Crippen molar-refractivity contribution in [2.45, 2.75) is 33.6 Å². The molecule has 0 spiro atoms. The molecule has 0 N–H and O–H groups in total. The van der Waals surface area contributed by atoms with Crippen LogP contribution in [-0.2, 0) is 19.9 Å². The number of aromatic nitrogens is 4. The highest BCUT2D eigenvalue weighted by atomic mass is 19.1. The maximum atomic E-state index is 12.9. The van der Waals surface area contributed by atoms with Crippen molar-refractivity contribution < 1.29 is 9.18 Å². The van der Waals surface area contributed by atoms with E-state index in [1.807, 2.05) is 13.8 Å². The second kappa shape index (κ2) is 5.48. The molecule has 5 nitrogen and oxygen atoms in total. The average molecular weight is 276 g/mol. The fraction of sp³-hybridized carbons (Fsp3) is 0.429. The molecule has 0 unspecified atom stereocenters. The topological polar surface area (TPSA) is 60.7 Å². The summed E-state index contributed by atoms with van der Waals surface area (Å²) in [5.74, 6) is 0.649. The zero-order chi connectivity index (χ0) is 14.9. The molecule has 2 aromatic heterocycles. The lowest BCUT2D eigenvalue weighted by molar-refractivity contribution is 0.0828. The largest absolute Gasteiger partial charge is 0.352 e. The summed E-state index contributed by atoms with van der Waals surface area (Å²) in [7, 11) is 1.69. The van der Waals surface area contributed by atoms with Crippen LogP contribution in [0.15, 0.2) is 6.20 Å². The average Bonchev–Trinajstić information content (AvgIpc) is 2.79. The van der Waals surface area contributed by atoms with Gasteiger partial charge in [0.25, 0.3) is 0 Å². The lowest BCUT2D eigenvalue weighted by Gasteiger charge is -2.16. The van der Waals surface area contributed by atoms with Gasteiger partial charge < -0.3 is 0 Å². The van der Waals surface area contributed by atoms with Crippen LogP contribution in [0.2, 0.25) is 0 Å². The number of halogens is 1. The molecular formula is C14H17FN4O. The Morgan fingerprint density at radius 1 is 1.35 bits per heavy atom. The highest BCUT2D eigenvalue weighted by Crippen LogP contribution is 2.33. The maximum absolute atomic E-state index is 12.9. The molecule has 2 heterocycles. The van der Waals surface area contributed by atoms with Gasteiger partial charge in [0.2, 0.25) is 0 Å². The van der Waals surface area contributed by atoms with E-state index in [1.54, 1.807) is 20.2 Å². The van der Waals surface area contributed by atoms with Gasteiger partial charge in [0.05, 0.1) is 11.4 Å². The van der Waals surface area contributed by atoms with E-state index in [4.69, 9.17) is 0 Å². The van der Waals surface area contributed by atoms with Gasteiger partial charge in [-0.25, -0.2) is 9.97 Å². The molecule has 0 fully saturated rings. The lowest BCUT2D eigenvalue weighted by Crippen LogP contribution is -2.10. The molecule has 0 aromatic carbocycles. The van der Waals surface area contributed by atoms with Crippen LogP contribution in [0.5, 0.6) is 0 Å². The van der Waals surface area contributed by atoms with Crippen LogP contribution >= 0.6 is 0 Å². The van der Waals surface area contributed by atoms with Gasteiger partial charge in [-0.05, 0) is 25.3 Å². The van der Waals surface area contributed by atoms with Crippen LogP contribution in [-0.4, -0.2) is 25.8 Å². The number of nitrogens with zero attached hydrogens (tertiary/aromatic N) is 4. The third-order valence-corrected chi connectivity index (χ3v) is 3.19. The van der Waals surface area contributed by atoms with Crippen molar-refractivity contribution in [1.82, 2.24) is 19.7 Å². The van der Waals surface area contributed by atoms with Gasteiger partial charge in [0.1, 0.15) is 5.82 Å². The van der Waals surface area contributed by atoms with Crippen LogP contribution in [0.25, 0.3) is 11.4 Å². The van der Waals surface area contributed by atoms with E-state index in [1.165, 1.54) is 4.68 Å². The van der Waals surface area contributed by atoms with E-state index in [2.05, 4.69) is 15.1 Å². The quantitative estimate of drug-likeness (QED) is 0.750. The molecule has 3 rings (SSSR count). The zero-order valence-corrected chi connectivity index (χ0v) is 12.1. The molecule has 1 aliphatic rings. The van der Waals surface area contributed by atoms with Crippen molar-refractivity contribution in [1.29, 1.82) is 0 Å². The van der Waals surface area contributed by atoms with Crippen LogP contribution in [0.4, 0.5) is 4.39 Å². The molecule has 106 valence electrons. The number of carbonyl (C=O) groups excluding carboxylic acids is 1. The van der Waals surface area contributed by atoms with Crippen molar-refractivity contribution in [2.24, 2.45) is 7.05 Å². The summed E-state index contributed by atoms with van der Waals surface area (Å²) in [5, 5.41) is 3.95. The number of hydrogen-bond acceptors (Lipinski definition) is 4. The molecule has 0 saturated carbocycles. The van der Waals surface area contributed by atoms with Crippen molar-refractivity contribution in [2.75, 3.05) is 0 Å². The predicted octanol–water partition coefficient (Wildman–Crippen LogP) is 2.42. The van der Waals surface area contributed by atoms with Gasteiger partial charge in [-0.15, -0.1) is 0 Å². The summed E-state index contributed by atoms with van der Waals surface area (Å²) < 4.78 is 14.5. The SMILES string of the molecule is CC.Cc1ncc2c(n1)-c1c(c(C(=O)F)nn1C)CC2. The first-order valence-corrected chi connectivity index (χ1v) is 6.66. The number of aryl methyl sites for hydroxylation is 3. The van der Waals surface area contributed by atoms with E-state index in [-0.39, 0.29) is 5.69 Å². The van der Waals surface area contributed by atoms with E-state index >= 15 is 0 Å². The monoisotopic (exact) mass is 276 g/mol. The minimum atomic E-state index is -1.49. The third-order valence-electron chi connectivity index (χ3n) is 3.19. The summed E-state index contributed by atoms with van der Waals surface area (Å²) >= 11 is 0. The minimum absolute atomic E-state index is 0.0885. The van der Waals surface area contributed by atoms with Crippen molar-refractivity contribution in [3.8, 4) is 11.4 Å². The Labute approximate surface area is 116 Å². The fourth-order valence-corrected chi connectivity index (χ4v) is 2.40. The second-order valence-corrected chi connectivity index (χ2v) is 4.36. The van der Waals surface area contributed by atoms with Gasteiger partial charge >= 0.3 is 6.04 Å². The standard InChI is InChI=1S/C12H11FN4O.C2H6/c1-6-14-5-7-3-4-8-10(12(13)18)16-17(2)11(8)9(7)15-6;1-2/h5H,3-4H2,1-2H3;1-2H3. The summed E-state index contributed by atoms with van der Waals surface area (Å²) in [5.41, 5.74) is 3.05. The first-order valence-electron chi connectivity index (χ1n) is 6.66. The number of rotatable bonds is 1. The Hall–Kier alpha value is -2.11. The van der Waals surface area contributed by atoms with Gasteiger partial charge in [0, 0.05) is 18.8 Å². The van der Waals surface area contributed by atoms with Crippen molar-refractivity contribution in [3.63, 3.8) is 0 Å². The molecular weight excluding hydrogens is 259 g/mol. The van der Waals surface area contributed by atoms with Gasteiger partial charge in [-0.2, -0.15) is 9.49 Å². The third kappa shape index (κ3) is 2.21. The zero-order valence-electron chi connectivity index (χ0n) is 12.1. The molecule has 0 aliphatic heterocycles. The Morgan fingerprint density at radius 2 is 2.05 bits per heavy atom. The number of hydrogen-bond donors (Lipinski definition) is 0. The van der Waals surface area contributed by atoms with Gasteiger partial charge in [0.15, 0.2) is 5.69 Å². The molecule has 0 atom stereocenters. The molecule has 1 aliphatic carbocycles. The number of carbonyl (C=O) groups is 1. The summed E-state index contributed by atoms with van der Waals surface area (Å²) in [4.78, 5) is 19.5. The first-order chi connectivity index (χ1) is 9.58.